The first kappa shape index (κ1) is 17.3. The van der Waals surface area contributed by atoms with E-state index in [4.69, 9.17) is 4.74 Å². The minimum Gasteiger partial charge on any atom is -0.490 e. The average molecular weight is 342 g/mol. The molecule has 0 saturated heterocycles. The number of carbonyl (C=O) groups is 1. The number of H-pyrrole nitrogens is 1. The molecule has 0 spiro atoms. The van der Waals surface area contributed by atoms with E-state index in [2.05, 4.69) is 20.8 Å². The molecule has 1 aliphatic rings. The van der Waals surface area contributed by atoms with Gasteiger partial charge in [-0.2, -0.15) is 5.10 Å². The molecule has 2 aromatic rings. The molecule has 6 heteroatoms. The third-order valence-electron chi connectivity index (χ3n) is 4.54. The summed E-state index contributed by atoms with van der Waals surface area (Å²) in [5.74, 6) is 0.820. The Kier molecular flexibility index (Phi) is 5.93. The van der Waals surface area contributed by atoms with Crippen LogP contribution in [0.15, 0.2) is 30.5 Å². The molecule has 3 N–H and O–H groups in total. The molecular formula is C19H26N4O2. The highest BCUT2D eigenvalue weighted by Crippen LogP contribution is 2.25. The minimum absolute atomic E-state index is 0.193. The predicted molar refractivity (Wildman–Crippen MR) is 98.0 cm³/mol. The quantitative estimate of drug-likeness (QED) is 0.670. The Morgan fingerprint density at radius 2 is 2.20 bits per heavy atom. The second-order valence-corrected chi connectivity index (χ2v) is 6.56. The Bertz CT molecular complexity index is 692. The van der Waals surface area contributed by atoms with Crippen LogP contribution in [0.2, 0.25) is 0 Å². The van der Waals surface area contributed by atoms with Crippen LogP contribution in [0.25, 0.3) is 0 Å². The fourth-order valence-electron chi connectivity index (χ4n) is 3.13. The molecule has 0 atom stereocenters. The summed E-state index contributed by atoms with van der Waals surface area (Å²) in [4.78, 5) is 12.0. The van der Waals surface area contributed by atoms with E-state index >= 15 is 0 Å². The number of hydrogen-bond donors (Lipinski definition) is 3. The summed E-state index contributed by atoms with van der Waals surface area (Å²) in [7, 11) is 0. The molecule has 1 saturated carbocycles. The van der Waals surface area contributed by atoms with Crippen molar-refractivity contribution in [3.8, 4) is 5.75 Å². The van der Waals surface area contributed by atoms with Crippen molar-refractivity contribution in [2.24, 2.45) is 0 Å². The van der Waals surface area contributed by atoms with E-state index in [9.17, 15) is 4.79 Å². The van der Waals surface area contributed by atoms with Gasteiger partial charge in [0, 0.05) is 24.0 Å². The van der Waals surface area contributed by atoms with Gasteiger partial charge in [0.05, 0.1) is 12.3 Å². The maximum absolute atomic E-state index is 12.0. The summed E-state index contributed by atoms with van der Waals surface area (Å²) < 4.78 is 5.97. The third-order valence-corrected chi connectivity index (χ3v) is 4.54. The Labute approximate surface area is 148 Å². The summed E-state index contributed by atoms with van der Waals surface area (Å²) in [5, 5.41) is 12.7. The van der Waals surface area contributed by atoms with Gasteiger partial charge >= 0.3 is 6.03 Å². The van der Waals surface area contributed by atoms with Gasteiger partial charge in [-0.15, -0.1) is 0 Å². The van der Waals surface area contributed by atoms with E-state index in [0.717, 1.165) is 42.8 Å². The summed E-state index contributed by atoms with van der Waals surface area (Å²) in [5.41, 5.74) is 3.03. The molecule has 1 heterocycles. The van der Waals surface area contributed by atoms with Crippen molar-refractivity contribution < 1.29 is 9.53 Å². The van der Waals surface area contributed by atoms with E-state index in [-0.39, 0.29) is 6.03 Å². The van der Waals surface area contributed by atoms with Crippen molar-refractivity contribution in [3.05, 3.63) is 41.7 Å². The van der Waals surface area contributed by atoms with Crippen LogP contribution in [-0.2, 0) is 6.42 Å². The second kappa shape index (κ2) is 8.55. The van der Waals surface area contributed by atoms with Gasteiger partial charge in [-0.05, 0) is 63.1 Å². The zero-order valence-electron chi connectivity index (χ0n) is 14.7. The molecule has 134 valence electrons. The number of nitrogens with zero attached hydrogens (tertiary/aromatic N) is 1. The normalized spacial score (nSPS) is 14.4. The number of hydrogen-bond acceptors (Lipinski definition) is 3. The first-order chi connectivity index (χ1) is 12.2. The molecule has 1 aliphatic carbocycles. The monoisotopic (exact) mass is 342 g/mol. The number of anilines is 1. The largest absolute Gasteiger partial charge is 0.490 e. The predicted octanol–water partition coefficient (Wildman–Crippen LogP) is 3.79. The van der Waals surface area contributed by atoms with Crippen molar-refractivity contribution >= 4 is 11.7 Å². The molecule has 1 aromatic carbocycles. The van der Waals surface area contributed by atoms with Gasteiger partial charge in [0.15, 0.2) is 0 Å². The Morgan fingerprint density at radius 1 is 1.36 bits per heavy atom. The highest BCUT2D eigenvalue weighted by molar-refractivity contribution is 5.89. The maximum Gasteiger partial charge on any atom is 0.319 e. The van der Waals surface area contributed by atoms with Crippen molar-refractivity contribution in [3.63, 3.8) is 0 Å². The van der Waals surface area contributed by atoms with Gasteiger partial charge in [0.25, 0.3) is 0 Å². The van der Waals surface area contributed by atoms with E-state index in [1.165, 1.54) is 18.4 Å². The van der Waals surface area contributed by atoms with Crippen molar-refractivity contribution in [1.29, 1.82) is 0 Å². The number of amides is 2. The Morgan fingerprint density at radius 3 is 2.96 bits per heavy atom. The molecule has 3 rings (SSSR count). The number of urea groups is 1. The highest BCUT2D eigenvalue weighted by Gasteiger charge is 2.16. The zero-order valence-corrected chi connectivity index (χ0v) is 14.7. The van der Waals surface area contributed by atoms with Crippen LogP contribution >= 0.6 is 0 Å². The number of aromatic amines is 1. The molecule has 0 unspecified atom stereocenters. The van der Waals surface area contributed by atoms with Gasteiger partial charge in [0.2, 0.25) is 0 Å². The first-order valence-corrected chi connectivity index (χ1v) is 9.01. The zero-order chi connectivity index (χ0) is 17.5. The highest BCUT2D eigenvalue weighted by atomic mass is 16.5. The number of benzene rings is 1. The van der Waals surface area contributed by atoms with Gasteiger partial charge in [-0.1, -0.05) is 6.07 Å². The van der Waals surface area contributed by atoms with Crippen LogP contribution in [0.3, 0.4) is 0 Å². The number of ether oxygens (including phenoxy) is 1. The minimum atomic E-state index is -0.193. The number of carbonyl (C=O) groups excluding carboxylic acids is 1. The lowest BCUT2D eigenvalue weighted by Gasteiger charge is -2.14. The van der Waals surface area contributed by atoms with Crippen LogP contribution in [-0.4, -0.2) is 28.9 Å². The van der Waals surface area contributed by atoms with Crippen LogP contribution < -0.4 is 15.4 Å². The maximum atomic E-state index is 12.0. The molecule has 1 fully saturated rings. The molecule has 0 bridgehead atoms. The molecule has 25 heavy (non-hydrogen) atoms. The first-order valence-electron chi connectivity index (χ1n) is 9.01. The SMILES string of the molecule is Cc1[nH]ncc1CCCNC(=O)Nc1cccc(OC2CCCC2)c1. The van der Waals surface area contributed by atoms with E-state index in [1.807, 2.05) is 37.4 Å². The van der Waals surface area contributed by atoms with Gasteiger partial charge in [0.1, 0.15) is 5.75 Å². The summed E-state index contributed by atoms with van der Waals surface area (Å²) >= 11 is 0. The van der Waals surface area contributed by atoms with Crippen molar-refractivity contribution in [2.75, 3.05) is 11.9 Å². The lowest BCUT2D eigenvalue weighted by atomic mass is 10.1. The van der Waals surface area contributed by atoms with Crippen molar-refractivity contribution in [2.45, 2.75) is 51.6 Å². The van der Waals surface area contributed by atoms with Crippen LogP contribution in [0.5, 0.6) is 5.75 Å². The van der Waals surface area contributed by atoms with Gasteiger partial charge < -0.3 is 15.4 Å². The summed E-state index contributed by atoms with van der Waals surface area (Å²) in [6.07, 6.45) is 8.64. The topological polar surface area (TPSA) is 79.0 Å². The van der Waals surface area contributed by atoms with E-state index in [0.29, 0.717) is 12.6 Å². The van der Waals surface area contributed by atoms with Crippen molar-refractivity contribution in [1.82, 2.24) is 15.5 Å². The van der Waals surface area contributed by atoms with Crippen LogP contribution in [0, 0.1) is 6.92 Å². The Hall–Kier alpha value is -2.50. The molecule has 6 nitrogen and oxygen atoms in total. The number of aryl methyl sites for hydroxylation is 2. The fourth-order valence-corrected chi connectivity index (χ4v) is 3.13. The number of aromatic nitrogens is 2. The lowest BCUT2D eigenvalue weighted by Crippen LogP contribution is -2.29. The van der Waals surface area contributed by atoms with Crippen LogP contribution in [0.4, 0.5) is 10.5 Å². The molecule has 0 radical (unpaired) electrons. The van der Waals surface area contributed by atoms with Gasteiger partial charge in [-0.3, -0.25) is 5.10 Å². The summed E-state index contributed by atoms with van der Waals surface area (Å²) in [6.45, 7) is 2.62. The van der Waals surface area contributed by atoms with Crippen LogP contribution in [0.1, 0.15) is 43.4 Å². The number of nitrogens with one attached hydrogen (secondary N) is 3. The third kappa shape index (κ3) is 5.24. The fraction of sp³-hybridized carbons (Fsp3) is 0.474. The molecule has 2 amide bonds. The second-order valence-electron chi connectivity index (χ2n) is 6.56. The Balaban J connectivity index is 1.40. The molecular weight excluding hydrogens is 316 g/mol. The lowest BCUT2D eigenvalue weighted by molar-refractivity contribution is 0.210. The smallest absolute Gasteiger partial charge is 0.319 e. The average Bonchev–Trinajstić information content (AvgIpc) is 3.24. The van der Waals surface area contributed by atoms with Gasteiger partial charge in [-0.25, -0.2) is 4.79 Å². The van der Waals surface area contributed by atoms with E-state index < -0.39 is 0 Å². The molecule has 0 aliphatic heterocycles. The standard InChI is InChI=1S/C19H26N4O2/c1-14-15(13-21-23-14)6-5-11-20-19(24)22-16-7-4-10-18(12-16)25-17-8-2-3-9-17/h4,7,10,12-13,17H,2-3,5-6,8-9,11H2,1H3,(H,21,23)(H2,20,22,24). The summed E-state index contributed by atoms with van der Waals surface area (Å²) in [6, 6.07) is 7.40. The number of rotatable bonds is 7. The molecule has 1 aromatic heterocycles. The van der Waals surface area contributed by atoms with E-state index in [1.54, 1.807) is 0 Å².